The van der Waals surface area contributed by atoms with Crippen LogP contribution in [-0.4, -0.2) is 0 Å². The van der Waals surface area contributed by atoms with E-state index in [0.29, 0.717) is 17.9 Å². The van der Waals surface area contributed by atoms with Crippen LogP contribution >= 0.6 is 0 Å². The first-order valence-corrected chi connectivity index (χ1v) is 6.43. The molecule has 2 N–H and O–H groups in total. The Morgan fingerprint density at radius 2 is 1.55 bits per heavy atom. The van der Waals surface area contributed by atoms with Crippen molar-refractivity contribution in [1.29, 1.82) is 5.26 Å². The molecule has 0 fully saturated rings. The van der Waals surface area contributed by atoms with E-state index in [1.807, 2.05) is 67.5 Å². The average Bonchev–Trinajstić information content (AvgIpc) is 2.44. The Kier molecular flexibility index (Phi) is 4.11. The molecule has 0 spiro atoms. The first-order valence-electron chi connectivity index (χ1n) is 6.43. The van der Waals surface area contributed by atoms with Gasteiger partial charge in [0.1, 0.15) is 0 Å². The van der Waals surface area contributed by atoms with Gasteiger partial charge < -0.3 is 5.73 Å². The minimum atomic E-state index is 0.457. The van der Waals surface area contributed by atoms with Crippen molar-refractivity contribution in [2.45, 2.75) is 20.4 Å². The minimum absolute atomic E-state index is 0.457. The zero-order chi connectivity index (χ0) is 14.5. The topological polar surface area (TPSA) is 57.6 Å². The summed E-state index contributed by atoms with van der Waals surface area (Å²) < 4.78 is 3.70. The Morgan fingerprint density at radius 1 is 1.05 bits per heavy atom. The second-order valence-electron chi connectivity index (χ2n) is 4.82. The van der Waals surface area contributed by atoms with Crippen LogP contribution in [0.4, 0.5) is 0 Å². The zero-order valence-corrected chi connectivity index (χ0v) is 11.7. The number of nitrogens with zero attached hydrogens (tertiary/aromatic N) is 3. The predicted octanol–water partition coefficient (Wildman–Crippen LogP) is 1.23. The predicted molar refractivity (Wildman–Crippen MR) is 75.8 cm³/mol. The van der Waals surface area contributed by atoms with Crippen molar-refractivity contribution in [3.8, 4) is 6.07 Å². The third kappa shape index (κ3) is 3.21. The van der Waals surface area contributed by atoms with Gasteiger partial charge in [-0.05, 0) is 25.0 Å². The lowest BCUT2D eigenvalue weighted by atomic mass is 10.2. The highest BCUT2D eigenvalue weighted by molar-refractivity contribution is 5.53. The van der Waals surface area contributed by atoms with Crippen LogP contribution in [0.15, 0.2) is 54.7 Å². The van der Waals surface area contributed by atoms with Gasteiger partial charge in [0, 0.05) is 24.3 Å². The standard InChI is InChI=1S/C16H18N4/c1-13-3-7-19(8-4-13)12-15(18)16(11-17)20-9-5-14(2)6-10-20/h3-10H,12,18H2,1-2H3/q+2/b16-15-. The number of pyridine rings is 2. The Morgan fingerprint density at radius 3 is 2.05 bits per heavy atom. The normalized spacial score (nSPS) is 11.7. The van der Waals surface area contributed by atoms with Gasteiger partial charge in [-0.1, -0.05) is 0 Å². The molecular formula is C16H18N4+2. The van der Waals surface area contributed by atoms with Gasteiger partial charge in [-0.2, -0.15) is 14.4 Å². The van der Waals surface area contributed by atoms with Crippen molar-refractivity contribution < 1.29 is 9.13 Å². The maximum Gasteiger partial charge on any atom is 0.314 e. The lowest BCUT2D eigenvalue weighted by Crippen LogP contribution is -2.40. The molecular weight excluding hydrogens is 248 g/mol. The molecule has 20 heavy (non-hydrogen) atoms. The summed E-state index contributed by atoms with van der Waals surface area (Å²) in [6, 6.07) is 10.1. The number of aryl methyl sites for hydroxylation is 2. The van der Waals surface area contributed by atoms with Crippen LogP contribution < -0.4 is 14.9 Å². The highest BCUT2D eigenvalue weighted by Crippen LogP contribution is 2.00. The number of rotatable bonds is 3. The molecule has 0 saturated heterocycles. The number of hydrogen-bond donors (Lipinski definition) is 1. The number of aromatic nitrogens is 2. The van der Waals surface area contributed by atoms with Crippen molar-refractivity contribution in [2.75, 3.05) is 0 Å². The molecule has 4 heteroatoms. The lowest BCUT2D eigenvalue weighted by Gasteiger charge is -1.99. The van der Waals surface area contributed by atoms with Crippen molar-refractivity contribution in [1.82, 2.24) is 0 Å². The molecule has 0 amide bonds. The molecule has 2 aromatic heterocycles. The van der Waals surface area contributed by atoms with Gasteiger partial charge in [0.15, 0.2) is 43.1 Å². The molecule has 2 rings (SSSR count). The van der Waals surface area contributed by atoms with Gasteiger partial charge in [-0.3, -0.25) is 0 Å². The van der Waals surface area contributed by atoms with Gasteiger partial charge in [0.25, 0.3) is 0 Å². The summed E-state index contributed by atoms with van der Waals surface area (Å²) in [6.07, 6.45) is 7.61. The molecule has 0 unspecified atom stereocenters. The molecule has 0 bridgehead atoms. The number of nitriles is 1. The molecule has 2 heterocycles. The van der Waals surface area contributed by atoms with Crippen LogP contribution in [0.5, 0.6) is 0 Å². The van der Waals surface area contributed by atoms with Crippen LogP contribution in [-0.2, 0) is 6.54 Å². The number of allylic oxidation sites excluding steroid dienone is 2. The van der Waals surface area contributed by atoms with E-state index in [2.05, 4.69) is 6.07 Å². The Balaban J connectivity index is 2.30. The molecule has 0 saturated carbocycles. The number of nitrogens with two attached hydrogens (primary N) is 1. The molecule has 0 aliphatic rings. The van der Waals surface area contributed by atoms with Gasteiger partial charge in [0.2, 0.25) is 0 Å². The first kappa shape index (κ1) is 13.8. The van der Waals surface area contributed by atoms with E-state index in [1.54, 1.807) is 4.57 Å². The van der Waals surface area contributed by atoms with Gasteiger partial charge in [-0.25, -0.2) is 0 Å². The van der Waals surface area contributed by atoms with Crippen molar-refractivity contribution in [3.05, 3.63) is 65.9 Å². The third-order valence-corrected chi connectivity index (χ3v) is 3.08. The van der Waals surface area contributed by atoms with E-state index in [1.165, 1.54) is 5.56 Å². The fourth-order valence-corrected chi connectivity index (χ4v) is 1.85. The van der Waals surface area contributed by atoms with E-state index in [9.17, 15) is 5.26 Å². The fraction of sp³-hybridized carbons (Fsp3) is 0.188. The Hall–Kier alpha value is -2.67. The summed E-state index contributed by atoms with van der Waals surface area (Å²) >= 11 is 0. The maximum absolute atomic E-state index is 9.32. The van der Waals surface area contributed by atoms with Crippen LogP contribution in [0.1, 0.15) is 11.1 Å². The Bertz CT molecular complexity index is 661. The van der Waals surface area contributed by atoms with Gasteiger partial charge in [0.05, 0.1) is 0 Å². The summed E-state index contributed by atoms with van der Waals surface area (Å²) in [7, 11) is 0. The lowest BCUT2D eigenvalue weighted by molar-refractivity contribution is -0.690. The van der Waals surface area contributed by atoms with Crippen LogP contribution in [0, 0.1) is 25.2 Å². The van der Waals surface area contributed by atoms with Gasteiger partial charge >= 0.3 is 5.70 Å². The minimum Gasteiger partial charge on any atom is -0.391 e. The summed E-state index contributed by atoms with van der Waals surface area (Å²) in [5.41, 5.74) is 9.41. The SMILES string of the molecule is Cc1cc[n+](C/C(N)=C(\C#N)[n+]2ccc(C)cc2)cc1. The van der Waals surface area contributed by atoms with Crippen LogP contribution in [0.25, 0.3) is 5.70 Å². The summed E-state index contributed by atoms with van der Waals surface area (Å²) in [4.78, 5) is 0. The smallest absolute Gasteiger partial charge is 0.314 e. The summed E-state index contributed by atoms with van der Waals surface area (Å²) in [5, 5.41) is 9.32. The molecule has 0 aliphatic heterocycles. The average molecular weight is 266 g/mol. The van der Waals surface area contributed by atoms with E-state index < -0.39 is 0 Å². The molecule has 0 aromatic carbocycles. The highest BCUT2D eigenvalue weighted by Gasteiger charge is 2.17. The monoisotopic (exact) mass is 266 g/mol. The van der Waals surface area contributed by atoms with E-state index in [4.69, 9.17) is 5.73 Å². The van der Waals surface area contributed by atoms with Crippen LogP contribution in [0.2, 0.25) is 0 Å². The second-order valence-corrected chi connectivity index (χ2v) is 4.82. The Labute approximate surface area is 119 Å². The van der Waals surface area contributed by atoms with Gasteiger partial charge in [-0.15, -0.1) is 0 Å². The third-order valence-electron chi connectivity index (χ3n) is 3.08. The van der Waals surface area contributed by atoms with E-state index >= 15 is 0 Å². The molecule has 4 nitrogen and oxygen atoms in total. The summed E-state index contributed by atoms with van der Waals surface area (Å²) in [5.74, 6) is 0. The fourth-order valence-electron chi connectivity index (χ4n) is 1.85. The van der Waals surface area contributed by atoms with Crippen LogP contribution in [0.3, 0.4) is 0 Å². The molecule has 0 atom stereocenters. The summed E-state index contributed by atoms with van der Waals surface area (Å²) in [6.45, 7) is 4.53. The van der Waals surface area contributed by atoms with Crippen molar-refractivity contribution in [3.63, 3.8) is 0 Å². The number of hydrogen-bond acceptors (Lipinski definition) is 2. The first-order chi connectivity index (χ1) is 9.60. The largest absolute Gasteiger partial charge is 0.391 e. The zero-order valence-electron chi connectivity index (χ0n) is 11.7. The van der Waals surface area contributed by atoms with E-state index in [-0.39, 0.29) is 0 Å². The maximum atomic E-state index is 9.32. The van der Waals surface area contributed by atoms with Crippen molar-refractivity contribution >= 4 is 5.70 Å². The van der Waals surface area contributed by atoms with E-state index in [0.717, 1.165) is 5.56 Å². The quantitative estimate of drug-likeness (QED) is 0.671. The second kappa shape index (κ2) is 5.98. The molecule has 2 aromatic rings. The molecule has 0 aliphatic carbocycles. The van der Waals surface area contributed by atoms with Crippen molar-refractivity contribution in [2.24, 2.45) is 5.73 Å². The molecule has 100 valence electrons. The highest BCUT2D eigenvalue weighted by atomic mass is 15.0. The molecule has 0 radical (unpaired) electrons.